The summed E-state index contributed by atoms with van der Waals surface area (Å²) in [7, 11) is 0. The van der Waals surface area contributed by atoms with Gasteiger partial charge < -0.3 is 5.84 Å². The van der Waals surface area contributed by atoms with Crippen molar-refractivity contribution in [3.8, 4) is 0 Å². The van der Waals surface area contributed by atoms with Crippen LogP contribution in [0.4, 0.5) is 0 Å². The van der Waals surface area contributed by atoms with E-state index >= 15 is 0 Å². The molecule has 0 saturated heterocycles. The van der Waals surface area contributed by atoms with Crippen LogP contribution in [-0.2, 0) is 0 Å². The topological polar surface area (TPSA) is 38.4 Å². The van der Waals surface area contributed by atoms with E-state index in [0.29, 0.717) is 10.8 Å². The van der Waals surface area contributed by atoms with E-state index in [9.17, 15) is 0 Å². The summed E-state index contributed by atoms with van der Waals surface area (Å²) in [6.07, 6.45) is 17.6. The van der Waals surface area contributed by atoms with E-state index in [2.05, 4.69) is 45.8 Å². The summed E-state index contributed by atoms with van der Waals surface area (Å²) in [6, 6.07) is 0. The van der Waals surface area contributed by atoms with Crippen molar-refractivity contribution < 1.29 is 0 Å². The first kappa shape index (κ1) is 21.4. The third-order valence-corrected chi connectivity index (χ3v) is 10.3. The Bertz CT molecular complexity index is 661. The molecule has 7 atom stereocenters. The van der Waals surface area contributed by atoms with Gasteiger partial charge in [0, 0.05) is 0 Å². The van der Waals surface area contributed by atoms with Crippen molar-refractivity contribution in [3.63, 3.8) is 0 Å². The first-order chi connectivity index (χ1) is 13.8. The van der Waals surface area contributed by atoms with Crippen LogP contribution in [0, 0.1) is 46.3 Å². The lowest BCUT2D eigenvalue weighted by molar-refractivity contribution is -0.0573. The maximum absolute atomic E-state index is 5.63. The first-order valence-corrected chi connectivity index (χ1v) is 12.8. The molecule has 4 aliphatic carbocycles. The number of hydrazone groups is 1. The zero-order valence-electron chi connectivity index (χ0n) is 19.8. The second kappa shape index (κ2) is 8.04. The summed E-state index contributed by atoms with van der Waals surface area (Å²) in [5.41, 5.74) is 3.83. The van der Waals surface area contributed by atoms with Crippen molar-refractivity contribution in [2.75, 3.05) is 0 Å². The molecule has 0 radical (unpaired) electrons. The largest absolute Gasteiger partial charge is 0.323 e. The summed E-state index contributed by atoms with van der Waals surface area (Å²) in [5.74, 6) is 11.2. The number of hydrogen-bond acceptors (Lipinski definition) is 2. The number of nitrogens with zero attached hydrogens (tertiary/aromatic N) is 1. The molecule has 0 amide bonds. The van der Waals surface area contributed by atoms with Crippen molar-refractivity contribution in [3.05, 3.63) is 11.6 Å². The van der Waals surface area contributed by atoms with Gasteiger partial charge in [0.25, 0.3) is 0 Å². The van der Waals surface area contributed by atoms with Crippen LogP contribution < -0.4 is 5.84 Å². The number of fused-ring (bicyclic) bond motifs is 5. The highest BCUT2D eigenvalue weighted by atomic mass is 15.1. The number of hydrogen-bond donors (Lipinski definition) is 1. The standard InChI is InChI=1S/C27H46N2/c1-18(2)7-6-8-19(3)23-11-12-24-22-10-9-20-17-21(29-28)13-15-26(20,4)25(22)14-16-27(23,24)5/h17-19,22-25H,6-16,28H2,1-5H3/b29-21-/t19-,22+,23-,24+,25+,26+,27-/m1/s1. The van der Waals surface area contributed by atoms with E-state index in [-0.39, 0.29) is 0 Å². The van der Waals surface area contributed by atoms with Gasteiger partial charge in [-0.3, -0.25) is 0 Å². The Balaban J connectivity index is 1.49. The van der Waals surface area contributed by atoms with Crippen LogP contribution in [0.25, 0.3) is 0 Å². The summed E-state index contributed by atoms with van der Waals surface area (Å²) < 4.78 is 0. The van der Waals surface area contributed by atoms with E-state index < -0.39 is 0 Å². The zero-order valence-corrected chi connectivity index (χ0v) is 19.8. The minimum Gasteiger partial charge on any atom is -0.323 e. The highest BCUT2D eigenvalue weighted by Crippen LogP contribution is 2.67. The molecule has 3 saturated carbocycles. The Morgan fingerprint density at radius 2 is 1.79 bits per heavy atom. The van der Waals surface area contributed by atoms with Gasteiger partial charge in [0.2, 0.25) is 0 Å². The molecule has 0 bridgehead atoms. The Kier molecular flexibility index (Phi) is 5.95. The maximum atomic E-state index is 5.63. The molecule has 4 rings (SSSR count). The second-order valence-electron chi connectivity index (χ2n) is 12.2. The fourth-order valence-corrected chi connectivity index (χ4v) is 8.70. The SMILES string of the molecule is CC(C)CCC[C@@H](C)[C@H]1CC[C@H]2[C@@H]3CCC4=C/C(=N\N)CC[C@]4(C)[C@H]3CC[C@]12C. The number of rotatable bonds is 5. The quantitative estimate of drug-likeness (QED) is 0.382. The highest BCUT2D eigenvalue weighted by molar-refractivity contribution is 5.96. The van der Waals surface area contributed by atoms with Crippen molar-refractivity contribution in [2.24, 2.45) is 57.3 Å². The molecule has 0 aliphatic heterocycles. The molecular formula is C27H46N2. The fourth-order valence-electron chi connectivity index (χ4n) is 8.70. The monoisotopic (exact) mass is 398 g/mol. The molecule has 0 aromatic heterocycles. The maximum Gasteiger partial charge on any atom is 0.0600 e. The highest BCUT2D eigenvalue weighted by Gasteiger charge is 2.59. The molecule has 164 valence electrons. The molecule has 2 N–H and O–H groups in total. The lowest BCUT2D eigenvalue weighted by Gasteiger charge is -2.58. The normalized spacial score (nSPS) is 44.2. The van der Waals surface area contributed by atoms with E-state index in [1.165, 1.54) is 64.2 Å². The number of allylic oxidation sites excluding steroid dienone is 2. The molecule has 0 spiro atoms. The average molecular weight is 399 g/mol. The van der Waals surface area contributed by atoms with Gasteiger partial charge in [0.05, 0.1) is 5.71 Å². The van der Waals surface area contributed by atoms with Crippen LogP contribution in [0.1, 0.15) is 105 Å². The third-order valence-electron chi connectivity index (χ3n) is 10.3. The number of nitrogens with two attached hydrogens (primary N) is 1. The van der Waals surface area contributed by atoms with Crippen LogP contribution >= 0.6 is 0 Å². The van der Waals surface area contributed by atoms with Crippen molar-refractivity contribution >= 4 is 5.71 Å². The molecule has 2 heteroatoms. The Hall–Kier alpha value is -0.790. The van der Waals surface area contributed by atoms with Gasteiger partial charge >= 0.3 is 0 Å². The van der Waals surface area contributed by atoms with Crippen LogP contribution in [0.2, 0.25) is 0 Å². The van der Waals surface area contributed by atoms with Gasteiger partial charge in [-0.05, 0) is 104 Å². The fraction of sp³-hybridized carbons (Fsp3) is 0.889. The Morgan fingerprint density at radius 3 is 2.52 bits per heavy atom. The average Bonchev–Trinajstić information content (AvgIpc) is 3.04. The summed E-state index contributed by atoms with van der Waals surface area (Å²) >= 11 is 0. The predicted octanol–water partition coefficient (Wildman–Crippen LogP) is 7.34. The van der Waals surface area contributed by atoms with E-state index in [4.69, 9.17) is 5.84 Å². The van der Waals surface area contributed by atoms with Crippen LogP contribution in [0.5, 0.6) is 0 Å². The second-order valence-corrected chi connectivity index (χ2v) is 12.2. The summed E-state index contributed by atoms with van der Waals surface area (Å²) in [4.78, 5) is 0. The van der Waals surface area contributed by atoms with E-state index in [1.807, 2.05) is 0 Å². The first-order valence-electron chi connectivity index (χ1n) is 12.8. The molecular weight excluding hydrogens is 352 g/mol. The van der Waals surface area contributed by atoms with Gasteiger partial charge in [-0.15, -0.1) is 0 Å². The molecule has 2 nitrogen and oxygen atoms in total. The van der Waals surface area contributed by atoms with E-state index in [0.717, 1.165) is 47.6 Å². The molecule has 0 aromatic rings. The molecule has 29 heavy (non-hydrogen) atoms. The molecule has 0 aromatic carbocycles. The lowest BCUT2D eigenvalue weighted by atomic mass is 9.46. The smallest absolute Gasteiger partial charge is 0.0600 e. The van der Waals surface area contributed by atoms with Gasteiger partial charge in [-0.1, -0.05) is 59.5 Å². The minimum atomic E-state index is 0.416. The lowest BCUT2D eigenvalue weighted by Crippen LogP contribution is -2.51. The molecule has 0 heterocycles. The predicted molar refractivity (Wildman–Crippen MR) is 125 cm³/mol. The molecule has 0 unspecified atom stereocenters. The summed E-state index contributed by atoms with van der Waals surface area (Å²) in [6.45, 7) is 12.6. The van der Waals surface area contributed by atoms with Crippen molar-refractivity contribution in [2.45, 2.75) is 105 Å². The van der Waals surface area contributed by atoms with Crippen molar-refractivity contribution in [1.29, 1.82) is 0 Å². The van der Waals surface area contributed by atoms with E-state index in [1.54, 1.807) is 5.57 Å². The Labute approximate surface area is 180 Å². The van der Waals surface area contributed by atoms with Crippen LogP contribution in [0.3, 0.4) is 0 Å². The van der Waals surface area contributed by atoms with Crippen LogP contribution in [-0.4, -0.2) is 5.71 Å². The summed E-state index contributed by atoms with van der Waals surface area (Å²) in [5, 5.41) is 4.04. The van der Waals surface area contributed by atoms with Gasteiger partial charge in [0.15, 0.2) is 0 Å². The van der Waals surface area contributed by atoms with Crippen LogP contribution in [0.15, 0.2) is 16.8 Å². The van der Waals surface area contributed by atoms with Gasteiger partial charge in [-0.25, -0.2) is 0 Å². The minimum absolute atomic E-state index is 0.416. The molecule has 3 fully saturated rings. The molecule has 4 aliphatic rings. The van der Waals surface area contributed by atoms with Crippen molar-refractivity contribution in [1.82, 2.24) is 0 Å². The zero-order chi connectivity index (χ0) is 20.8. The Morgan fingerprint density at radius 1 is 1.00 bits per heavy atom. The third kappa shape index (κ3) is 3.61. The van der Waals surface area contributed by atoms with Gasteiger partial charge in [-0.2, -0.15) is 5.10 Å². The van der Waals surface area contributed by atoms with Gasteiger partial charge in [0.1, 0.15) is 0 Å².